The third kappa shape index (κ3) is 7.11. The smallest absolute Gasteiger partial charge is 0.365 e. The van der Waals surface area contributed by atoms with Crippen molar-refractivity contribution in [2.75, 3.05) is 12.3 Å². The fourth-order valence-corrected chi connectivity index (χ4v) is 3.20. The zero-order valence-corrected chi connectivity index (χ0v) is 19.2. The van der Waals surface area contributed by atoms with Gasteiger partial charge < -0.3 is 20.0 Å². The molecular formula is C23H24N4O5S. The number of benzene rings is 2. The Morgan fingerprint density at radius 1 is 1.03 bits per heavy atom. The van der Waals surface area contributed by atoms with Gasteiger partial charge in [0.05, 0.1) is 0 Å². The predicted octanol–water partition coefficient (Wildman–Crippen LogP) is 3.52. The van der Waals surface area contributed by atoms with E-state index in [0.29, 0.717) is 0 Å². The maximum Gasteiger partial charge on any atom is 0.365 e. The fraction of sp³-hybridized carbons (Fsp3) is 0.261. The Morgan fingerprint density at radius 2 is 1.61 bits per heavy atom. The van der Waals surface area contributed by atoms with Gasteiger partial charge in [-0.15, -0.1) is 0 Å². The van der Waals surface area contributed by atoms with Gasteiger partial charge in [0, 0.05) is 11.5 Å². The van der Waals surface area contributed by atoms with Crippen LogP contribution in [0.4, 0.5) is 5.13 Å². The highest BCUT2D eigenvalue weighted by atomic mass is 32.1. The van der Waals surface area contributed by atoms with Crippen LogP contribution < -0.4 is 5.73 Å². The van der Waals surface area contributed by atoms with E-state index in [0.717, 1.165) is 22.7 Å². The van der Waals surface area contributed by atoms with Crippen LogP contribution in [0, 0.1) is 0 Å². The van der Waals surface area contributed by atoms with E-state index in [-0.39, 0.29) is 16.7 Å². The molecule has 0 unspecified atom stereocenters. The maximum absolute atomic E-state index is 13.1. The number of carbonyl (C=O) groups is 2. The summed E-state index contributed by atoms with van der Waals surface area (Å²) >= 11 is 0.890. The van der Waals surface area contributed by atoms with Crippen LogP contribution in [0.3, 0.4) is 0 Å². The number of esters is 2. The van der Waals surface area contributed by atoms with Crippen molar-refractivity contribution in [3.05, 3.63) is 77.6 Å². The molecule has 0 saturated carbocycles. The fourth-order valence-electron chi connectivity index (χ4n) is 2.77. The lowest BCUT2D eigenvalue weighted by Gasteiger charge is -2.19. The number of nitrogen functional groups attached to an aromatic ring is 1. The Labute approximate surface area is 195 Å². The lowest BCUT2D eigenvalue weighted by atomic mass is 10.0. The minimum absolute atomic E-state index is 0.0634. The molecule has 0 spiro atoms. The number of hydrogen-bond acceptors (Lipinski definition) is 10. The van der Waals surface area contributed by atoms with Crippen LogP contribution in [-0.4, -0.2) is 39.2 Å². The van der Waals surface area contributed by atoms with E-state index in [2.05, 4.69) is 14.5 Å². The molecule has 2 aromatic carbocycles. The molecule has 1 aromatic heterocycles. The summed E-state index contributed by atoms with van der Waals surface area (Å²) in [6.45, 7) is 4.68. The molecule has 3 aromatic rings. The number of rotatable bonds is 8. The van der Waals surface area contributed by atoms with Crippen molar-refractivity contribution in [1.29, 1.82) is 0 Å². The molecule has 0 bridgehead atoms. The summed E-state index contributed by atoms with van der Waals surface area (Å²) in [7, 11) is 0. The number of carbonyl (C=O) groups excluding carboxylic acids is 2. The highest BCUT2D eigenvalue weighted by molar-refractivity contribution is 7.09. The first kappa shape index (κ1) is 23.9. The number of nitrogens with zero attached hydrogens (tertiary/aromatic N) is 3. The van der Waals surface area contributed by atoms with Crippen LogP contribution in [0.15, 0.2) is 65.8 Å². The summed E-state index contributed by atoms with van der Waals surface area (Å²) in [5, 5.41) is 3.92. The molecule has 0 fully saturated rings. The maximum atomic E-state index is 13.1. The Hall–Kier alpha value is -3.79. The summed E-state index contributed by atoms with van der Waals surface area (Å²) in [6, 6.07) is 18.5. The minimum atomic E-state index is -0.838. The van der Waals surface area contributed by atoms with Crippen molar-refractivity contribution in [1.82, 2.24) is 9.36 Å². The Kier molecular flexibility index (Phi) is 7.73. The van der Waals surface area contributed by atoms with Gasteiger partial charge in [-0.3, -0.25) is 0 Å². The lowest BCUT2D eigenvalue weighted by molar-refractivity contribution is -0.160. The molecule has 0 amide bonds. The molecule has 0 aliphatic rings. The molecule has 0 aliphatic carbocycles. The summed E-state index contributed by atoms with van der Waals surface area (Å²) in [6.07, 6.45) is -0.716. The number of ether oxygens (including phenoxy) is 2. The zero-order valence-electron chi connectivity index (χ0n) is 18.4. The van der Waals surface area contributed by atoms with Gasteiger partial charge in [-0.2, -0.15) is 9.36 Å². The van der Waals surface area contributed by atoms with E-state index in [4.69, 9.17) is 20.0 Å². The van der Waals surface area contributed by atoms with Gasteiger partial charge in [0.25, 0.3) is 0 Å². The average Bonchev–Trinajstić information content (AvgIpc) is 3.20. The van der Waals surface area contributed by atoms with E-state index >= 15 is 0 Å². The third-order valence-corrected chi connectivity index (χ3v) is 4.58. The van der Waals surface area contributed by atoms with Crippen molar-refractivity contribution in [3.8, 4) is 0 Å². The highest BCUT2D eigenvalue weighted by Crippen LogP contribution is 2.26. The first-order chi connectivity index (χ1) is 15.7. The molecule has 0 aliphatic heterocycles. The van der Waals surface area contributed by atoms with Gasteiger partial charge in [-0.05, 0) is 31.9 Å². The van der Waals surface area contributed by atoms with Gasteiger partial charge in [0.15, 0.2) is 11.2 Å². The van der Waals surface area contributed by atoms with E-state index < -0.39 is 30.3 Å². The lowest BCUT2D eigenvalue weighted by Crippen LogP contribution is -2.27. The number of nitrogens with two attached hydrogens (primary N) is 1. The Balaban J connectivity index is 1.85. The first-order valence-electron chi connectivity index (χ1n) is 10.0. The monoisotopic (exact) mass is 468 g/mol. The largest absolute Gasteiger partial charge is 0.457 e. The van der Waals surface area contributed by atoms with Gasteiger partial charge in [0.2, 0.25) is 18.1 Å². The van der Waals surface area contributed by atoms with Crippen LogP contribution in [0.25, 0.3) is 0 Å². The minimum Gasteiger partial charge on any atom is -0.457 e. The SMILES string of the molecule is CC(C)(C)OC(=O)CO/N=C(\C(=O)OC(c1ccccc1)c1ccccc1)c1nsc(N)n1. The van der Waals surface area contributed by atoms with Crippen LogP contribution in [0.1, 0.15) is 43.8 Å². The van der Waals surface area contributed by atoms with E-state index in [9.17, 15) is 9.59 Å². The normalized spacial score (nSPS) is 11.8. The predicted molar refractivity (Wildman–Crippen MR) is 123 cm³/mol. The molecular weight excluding hydrogens is 444 g/mol. The van der Waals surface area contributed by atoms with Crippen LogP contribution in [0.2, 0.25) is 0 Å². The van der Waals surface area contributed by atoms with E-state index in [1.807, 2.05) is 60.7 Å². The topological polar surface area (TPSA) is 126 Å². The van der Waals surface area contributed by atoms with Gasteiger partial charge >= 0.3 is 11.9 Å². The molecule has 0 saturated heterocycles. The van der Waals surface area contributed by atoms with E-state index in [1.54, 1.807) is 20.8 Å². The second-order valence-corrected chi connectivity index (χ2v) is 8.65. The van der Waals surface area contributed by atoms with Crippen molar-refractivity contribution in [2.24, 2.45) is 5.16 Å². The van der Waals surface area contributed by atoms with E-state index in [1.165, 1.54) is 0 Å². The highest BCUT2D eigenvalue weighted by Gasteiger charge is 2.27. The average molecular weight is 469 g/mol. The standard InChI is InChI=1S/C23H24N4O5S/c1-23(2,3)32-17(28)14-30-26-18(20-25-22(24)33-27-20)21(29)31-19(15-10-6-4-7-11-15)16-12-8-5-9-13-16/h4-13,19H,14H2,1-3H3,(H2,24,25,27)/b26-18-. The quantitative estimate of drug-likeness (QED) is 0.302. The second-order valence-electron chi connectivity index (χ2n) is 7.86. The molecule has 10 heteroatoms. The number of aromatic nitrogens is 2. The van der Waals surface area contributed by atoms with Crippen LogP contribution >= 0.6 is 11.5 Å². The molecule has 0 radical (unpaired) electrons. The molecule has 172 valence electrons. The molecule has 9 nitrogen and oxygen atoms in total. The number of hydrogen-bond donors (Lipinski definition) is 1. The Bertz CT molecular complexity index is 1070. The molecule has 0 atom stereocenters. The van der Waals surface area contributed by atoms with Crippen molar-refractivity contribution < 1.29 is 23.9 Å². The molecule has 33 heavy (non-hydrogen) atoms. The van der Waals surface area contributed by atoms with Gasteiger partial charge in [-0.25, -0.2) is 9.59 Å². The van der Waals surface area contributed by atoms with Crippen molar-refractivity contribution in [3.63, 3.8) is 0 Å². The first-order valence-corrected chi connectivity index (χ1v) is 10.8. The number of anilines is 1. The van der Waals surface area contributed by atoms with Crippen molar-refractivity contribution >= 4 is 34.3 Å². The van der Waals surface area contributed by atoms with Crippen LogP contribution in [-0.2, 0) is 23.9 Å². The number of oxime groups is 1. The molecule has 2 N–H and O–H groups in total. The van der Waals surface area contributed by atoms with Gasteiger partial charge in [-0.1, -0.05) is 65.8 Å². The summed E-state index contributed by atoms with van der Waals surface area (Å²) < 4.78 is 15.0. The summed E-state index contributed by atoms with van der Waals surface area (Å²) in [5.74, 6) is -1.54. The van der Waals surface area contributed by atoms with Crippen LogP contribution in [0.5, 0.6) is 0 Å². The van der Waals surface area contributed by atoms with Gasteiger partial charge in [0.1, 0.15) is 5.60 Å². The summed E-state index contributed by atoms with van der Waals surface area (Å²) in [5.41, 5.74) is 6.19. The summed E-state index contributed by atoms with van der Waals surface area (Å²) in [4.78, 5) is 34.1. The Morgan fingerprint density at radius 3 is 2.09 bits per heavy atom. The second kappa shape index (κ2) is 10.7. The van der Waals surface area contributed by atoms with Crippen molar-refractivity contribution in [2.45, 2.75) is 32.5 Å². The zero-order chi connectivity index (χ0) is 23.8. The molecule has 3 rings (SSSR count). The molecule has 1 heterocycles. The third-order valence-electron chi connectivity index (χ3n) is 4.03.